The number of hydrogen-bond donors (Lipinski definition) is 2. The number of fused-ring (bicyclic) bond motifs is 1. The molecule has 0 aromatic heterocycles. The number of ether oxygens (including phenoxy) is 3. The van der Waals surface area contributed by atoms with Gasteiger partial charge in [0, 0.05) is 0 Å². The molecular formula is C17H21BFNO8S. The lowest BCUT2D eigenvalue weighted by atomic mass is 9.72. The van der Waals surface area contributed by atoms with Gasteiger partial charge < -0.3 is 29.2 Å². The van der Waals surface area contributed by atoms with E-state index in [4.69, 9.17) is 14.1 Å². The Morgan fingerprint density at radius 3 is 2.76 bits per heavy atom. The lowest BCUT2D eigenvalue weighted by Crippen LogP contribution is -2.53. The van der Waals surface area contributed by atoms with E-state index in [2.05, 4.69) is 10.1 Å². The molecule has 158 valence electrons. The van der Waals surface area contributed by atoms with Gasteiger partial charge in [-0.3, -0.25) is 4.79 Å². The summed E-state index contributed by atoms with van der Waals surface area (Å²) in [5.41, 5.74) is -0.144. The van der Waals surface area contributed by atoms with Crippen molar-refractivity contribution in [3.63, 3.8) is 0 Å². The topological polar surface area (TPSA) is 120 Å². The van der Waals surface area contributed by atoms with Crippen LogP contribution in [0.15, 0.2) is 12.1 Å². The van der Waals surface area contributed by atoms with Gasteiger partial charge in [-0.1, -0.05) is 6.07 Å². The van der Waals surface area contributed by atoms with Gasteiger partial charge in [-0.2, -0.15) is 11.8 Å². The van der Waals surface area contributed by atoms with Crippen LogP contribution in [0.2, 0.25) is 0 Å². The number of amides is 1. The Kier molecular flexibility index (Phi) is 8.15. The third kappa shape index (κ3) is 6.26. The molecule has 0 bridgehead atoms. The van der Waals surface area contributed by atoms with E-state index in [0.717, 1.165) is 6.07 Å². The number of halogens is 1. The minimum absolute atomic E-state index is 0.119. The number of carbonyl (C=O) groups excluding carboxylic acids is 3. The van der Waals surface area contributed by atoms with E-state index >= 15 is 0 Å². The van der Waals surface area contributed by atoms with Gasteiger partial charge in [0.25, 0.3) is 0 Å². The summed E-state index contributed by atoms with van der Waals surface area (Å²) >= 11 is 1.32. The van der Waals surface area contributed by atoms with Crippen LogP contribution in [0.5, 0.6) is 5.75 Å². The van der Waals surface area contributed by atoms with Crippen molar-refractivity contribution in [1.82, 2.24) is 5.32 Å². The molecule has 1 atom stereocenters. The molecule has 2 N–H and O–H groups in total. The minimum atomic E-state index is -1.49. The number of carbonyl (C=O) groups is 3. The molecule has 1 heterocycles. The highest BCUT2D eigenvalue weighted by Crippen LogP contribution is 2.32. The van der Waals surface area contributed by atoms with Crippen molar-refractivity contribution in [2.75, 3.05) is 18.8 Å². The summed E-state index contributed by atoms with van der Waals surface area (Å²) in [4.78, 5) is 35.3. The maximum atomic E-state index is 14.3. The maximum Gasteiger partial charge on any atom is 0.547 e. The number of thioether (sulfide) groups is 1. The van der Waals surface area contributed by atoms with Crippen molar-refractivity contribution >= 4 is 36.9 Å². The molecular weight excluding hydrogens is 408 g/mol. The molecule has 1 aromatic rings. The zero-order valence-electron chi connectivity index (χ0n) is 16.1. The van der Waals surface area contributed by atoms with E-state index in [1.807, 2.05) is 0 Å². The summed E-state index contributed by atoms with van der Waals surface area (Å²) in [6.07, 6.45) is 0.416. The second kappa shape index (κ2) is 10.4. The first-order valence-corrected chi connectivity index (χ1v) is 10.1. The van der Waals surface area contributed by atoms with Gasteiger partial charge in [0.15, 0.2) is 0 Å². The molecule has 9 nitrogen and oxygen atoms in total. The van der Waals surface area contributed by atoms with E-state index in [0.29, 0.717) is 5.56 Å². The molecule has 0 radical (unpaired) electrons. The zero-order chi connectivity index (χ0) is 21.6. The summed E-state index contributed by atoms with van der Waals surface area (Å²) in [6.45, 7) is 2.43. The largest absolute Gasteiger partial charge is 0.547 e. The highest BCUT2D eigenvalue weighted by Gasteiger charge is 2.39. The third-order valence-electron chi connectivity index (χ3n) is 3.74. The van der Waals surface area contributed by atoms with E-state index in [9.17, 15) is 23.8 Å². The van der Waals surface area contributed by atoms with Crippen LogP contribution in [-0.4, -0.2) is 61.0 Å². The van der Waals surface area contributed by atoms with Crippen molar-refractivity contribution in [1.29, 1.82) is 0 Å². The van der Waals surface area contributed by atoms with Crippen molar-refractivity contribution in [2.24, 2.45) is 0 Å². The fraction of sp³-hybridized carbons (Fsp3) is 0.471. The molecule has 29 heavy (non-hydrogen) atoms. The van der Waals surface area contributed by atoms with E-state index in [1.54, 1.807) is 20.1 Å². The molecule has 0 aliphatic carbocycles. The number of hydrogen-bond acceptors (Lipinski definition) is 9. The monoisotopic (exact) mass is 429 g/mol. The first kappa shape index (κ1) is 22.8. The van der Waals surface area contributed by atoms with Crippen LogP contribution < -0.4 is 9.97 Å². The molecule has 1 aromatic carbocycles. The maximum absolute atomic E-state index is 14.3. The lowest BCUT2D eigenvalue weighted by molar-refractivity contribution is -0.119. The molecule has 2 rings (SSSR count). The van der Waals surface area contributed by atoms with Gasteiger partial charge in [0.2, 0.25) is 12.7 Å². The second-order valence-corrected chi connectivity index (χ2v) is 7.21. The van der Waals surface area contributed by atoms with E-state index in [1.165, 1.54) is 17.8 Å². The second-order valence-electron chi connectivity index (χ2n) is 6.34. The number of nitrogens with one attached hydrogen (secondary N) is 1. The molecule has 1 unspecified atom stereocenters. The van der Waals surface area contributed by atoms with Gasteiger partial charge in [0.1, 0.15) is 17.1 Å². The SMILES string of the molecule is CSCC(=O)NC1Cc2ccc(F)c(C(=O)OCOC(=O)OC(C)C)c2OB1O. The predicted octanol–water partition coefficient (Wildman–Crippen LogP) is 1.30. The summed E-state index contributed by atoms with van der Waals surface area (Å²) < 4.78 is 33.6. The Morgan fingerprint density at radius 2 is 2.10 bits per heavy atom. The van der Waals surface area contributed by atoms with Crippen molar-refractivity contribution in [2.45, 2.75) is 32.3 Å². The van der Waals surface area contributed by atoms with Crippen LogP contribution in [0, 0.1) is 5.82 Å². The van der Waals surface area contributed by atoms with Gasteiger partial charge in [-0.25, -0.2) is 14.0 Å². The van der Waals surface area contributed by atoms with Crippen molar-refractivity contribution < 1.29 is 42.7 Å². The summed E-state index contributed by atoms with van der Waals surface area (Å²) in [7, 11) is -1.49. The van der Waals surface area contributed by atoms with Crippen LogP contribution >= 0.6 is 11.8 Å². The number of benzene rings is 1. The number of esters is 1. The lowest BCUT2D eigenvalue weighted by Gasteiger charge is -2.29. The average molecular weight is 429 g/mol. The van der Waals surface area contributed by atoms with Crippen LogP contribution in [0.4, 0.5) is 9.18 Å². The van der Waals surface area contributed by atoms with Gasteiger partial charge in [0.05, 0.1) is 17.8 Å². The fourth-order valence-electron chi connectivity index (χ4n) is 2.56. The summed E-state index contributed by atoms with van der Waals surface area (Å²) in [6, 6.07) is 2.43. The third-order valence-corrected chi connectivity index (χ3v) is 4.29. The Balaban J connectivity index is 2.08. The Morgan fingerprint density at radius 1 is 1.38 bits per heavy atom. The highest BCUT2D eigenvalue weighted by molar-refractivity contribution is 7.99. The molecule has 12 heteroatoms. The van der Waals surface area contributed by atoms with Gasteiger partial charge >= 0.3 is 19.2 Å². The first-order valence-electron chi connectivity index (χ1n) is 8.67. The Labute approximate surface area is 171 Å². The number of rotatable bonds is 7. The van der Waals surface area contributed by atoms with Gasteiger partial charge in [-0.15, -0.1) is 0 Å². The van der Waals surface area contributed by atoms with Gasteiger partial charge in [-0.05, 0) is 38.2 Å². The molecule has 0 fully saturated rings. The smallest absolute Gasteiger partial charge is 0.534 e. The van der Waals surface area contributed by atoms with Crippen LogP contribution in [0.25, 0.3) is 0 Å². The molecule has 1 amide bonds. The fourth-order valence-corrected chi connectivity index (χ4v) is 2.91. The van der Waals surface area contributed by atoms with Crippen LogP contribution in [-0.2, 0) is 25.4 Å². The van der Waals surface area contributed by atoms with Crippen molar-refractivity contribution in [3.05, 3.63) is 29.1 Å². The molecule has 1 aliphatic heterocycles. The molecule has 0 spiro atoms. The van der Waals surface area contributed by atoms with Crippen LogP contribution in [0.1, 0.15) is 29.8 Å². The predicted molar refractivity (Wildman–Crippen MR) is 102 cm³/mol. The van der Waals surface area contributed by atoms with E-state index in [-0.39, 0.29) is 23.8 Å². The Bertz CT molecular complexity index is 778. The standard InChI is InChI=1S/C17H21BFNO8S/c1-9(2)27-17(23)26-8-25-16(22)14-11(19)5-4-10-6-12(18(24)28-15(10)14)20-13(21)7-29-3/h4-5,9,12,24H,6-8H2,1-3H3,(H,20,21). The minimum Gasteiger partial charge on any atom is -0.534 e. The summed E-state index contributed by atoms with van der Waals surface area (Å²) in [5.74, 6) is -3.12. The normalized spacial score (nSPS) is 15.2. The Hall–Kier alpha value is -2.47. The quantitative estimate of drug-likeness (QED) is 0.375. The molecule has 0 saturated carbocycles. The zero-order valence-corrected chi connectivity index (χ0v) is 16.9. The first-order chi connectivity index (χ1) is 13.7. The average Bonchev–Trinajstić information content (AvgIpc) is 2.62. The molecule has 1 aliphatic rings. The van der Waals surface area contributed by atoms with E-state index < -0.39 is 49.5 Å². The van der Waals surface area contributed by atoms with Crippen LogP contribution in [0.3, 0.4) is 0 Å². The summed E-state index contributed by atoms with van der Waals surface area (Å²) in [5, 5.41) is 12.8. The molecule has 0 saturated heterocycles. The van der Waals surface area contributed by atoms with Crippen molar-refractivity contribution in [3.8, 4) is 5.75 Å². The highest BCUT2D eigenvalue weighted by atomic mass is 32.2.